The molecular weight excluding hydrogens is 343 g/mol. The molecule has 0 aromatic heterocycles. The summed E-state index contributed by atoms with van der Waals surface area (Å²) in [5, 5.41) is 5.50. The van der Waals surface area contributed by atoms with Crippen LogP contribution >= 0.6 is 0 Å². The first-order valence-electron chi connectivity index (χ1n) is 8.48. The third-order valence-electron chi connectivity index (χ3n) is 4.28. The fraction of sp³-hybridized carbons (Fsp3) is 0.0909. The van der Waals surface area contributed by atoms with Gasteiger partial charge in [0.15, 0.2) is 0 Å². The number of halogens is 1. The first-order valence-corrected chi connectivity index (χ1v) is 8.48. The Morgan fingerprint density at radius 2 is 1.15 bits per heavy atom. The third-order valence-corrected chi connectivity index (χ3v) is 4.28. The van der Waals surface area contributed by atoms with Gasteiger partial charge in [0.05, 0.1) is 0 Å². The van der Waals surface area contributed by atoms with Gasteiger partial charge in [-0.15, -0.1) is 0 Å². The number of amides is 2. The second-order valence-electron chi connectivity index (χ2n) is 6.29. The van der Waals surface area contributed by atoms with E-state index in [2.05, 4.69) is 10.6 Å². The van der Waals surface area contributed by atoms with Crippen molar-refractivity contribution in [2.75, 3.05) is 10.6 Å². The number of aryl methyl sites for hydroxylation is 2. The van der Waals surface area contributed by atoms with Gasteiger partial charge in [-0.05, 0) is 85.6 Å². The lowest BCUT2D eigenvalue weighted by molar-refractivity contribution is 0.102. The highest BCUT2D eigenvalue weighted by atomic mass is 19.1. The maximum absolute atomic E-state index is 12.9. The molecule has 0 fully saturated rings. The molecule has 0 heterocycles. The van der Waals surface area contributed by atoms with Gasteiger partial charge >= 0.3 is 0 Å². The van der Waals surface area contributed by atoms with Gasteiger partial charge in [0, 0.05) is 22.5 Å². The fourth-order valence-electron chi connectivity index (χ4n) is 2.53. The second-order valence-corrected chi connectivity index (χ2v) is 6.29. The molecule has 27 heavy (non-hydrogen) atoms. The van der Waals surface area contributed by atoms with E-state index < -0.39 is 0 Å². The van der Waals surface area contributed by atoms with E-state index in [1.807, 2.05) is 26.0 Å². The molecule has 3 aromatic rings. The van der Waals surface area contributed by atoms with Crippen LogP contribution in [0.15, 0.2) is 66.7 Å². The van der Waals surface area contributed by atoms with Gasteiger partial charge in [0.25, 0.3) is 11.8 Å². The van der Waals surface area contributed by atoms with Crippen molar-refractivity contribution in [3.63, 3.8) is 0 Å². The summed E-state index contributed by atoms with van der Waals surface area (Å²) in [6.45, 7) is 3.95. The van der Waals surface area contributed by atoms with Crippen molar-refractivity contribution >= 4 is 23.2 Å². The predicted molar refractivity (Wildman–Crippen MR) is 105 cm³/mol. The number of anilines is 2. The van der Waals surface area contributed by atoms with Crippen LogP contribution in [0.25, 0.3) is 0 Å². The first-order chi connectivity index (χ1) is 12.9. The molecule has 0 bridgehead atoms. The highest BCUT2D eigenvalue weighted by Crippen LogP contribution is 2.15. The van der Waals surface area contributed by atoms with Gasteiger partial charge in [-0.25, -0.2) is 4.39 Å². The third kappa shape index (κ3) is 4.58. The highest BCUT2D eigenvalue weighted by Gasteiger charge is 2.09. The maximum Gasteiger partial charge on any atom is 0.255 e. The normalized spacial score (nSPS) is 10.3. The Bertz CT molecular complexity index is 980. The van der Waals surface area contributed by atoms with E-state index in [0.29, 0.717) is 22.5 Å². The number of hydrogen-bond donors (Lipinski definition) is 2. The van der Waals surface area contributed by atoms with E-state index in [4.69, 9.17) is 0 Å². The van der Waals surface area contributed by atoms with Gasteiger partial charge in [-0.3, -0.25) is 9.59 Å². The lowest BCUT2D eigenvalue weighted by Crippen LogP contribution is -2.14. The van der Waals surface area contributed by atoms with Crippen LogP contribution in [0.1, 0.15) is 31.8 Å². The summed E-state index contributed by atoms with van der Waals surface area (Å²) >= 11 is 0. The molecular formula is C22H19FN2O2. The number of hydrogen-bond acceptors (Lipinski definition) is 2. The Labute approximate surface area is 157 Å². The second kappa shape index (κ2) is 7.83. The van der Waals surface area contributed by atoms with E-state index in [1.54, 1.807) is 30.3 Å². The molecule has 3 aromatic carbocycles. The Hall–Kier alpha value is -3.47. The maximum atomic E-state index is 12.9. The Kier molecular flexibility index (Phi) is 5.31. The Balaban J connectivity index is 1.65. The monoisotopic (exact) mass is 362 g/mol. The van der Waals surface area contributed by atoms with Crippen molar-refractivity contribution in [1.29, 1.82) is 0 Å². The van der Waals surface area contributed by atoms with Crippen LogP contribution in [-0.2, 0) is 0 Å². The molecule has 0 atom stereocenters. The molecule has 2 N–H and O–H groups in total. The molecule has 0 aliphatic carbocycles. The van der Waals surface area contributed by atoms with Crippen molar-refractivity contribution < 1.29 is 14.0 Å². The van der Waals surface area contributed by atoms with Crippen LogP contribution in [-0.4, -0.2) is 11.8 Å². The number of rotatable bonds is 4. The summed E-state index contributed by atoms with van der Waals surface area (Å²) in [5.74, 6) is -0.882. The molecule has 0 saturated heterocycles. The van der Waals surface area contributed by atoms with E-state index in [9.17, 15) is 14.0 Å². The summed E-state index contributed by atoms with van der Waals surface area (Å²) in [4.78, 5) is 24.6. The summed E-state index contributed by atoms with van der Waals surface area (Å²) in [6, 6.07) is 17.6. The first kappa shape index (κ1) is 18.3. The van der Waals surface area contributed by atoms with Crippen LogP contribution in [0.5, 0.6) is 0 Å². The van der Waals surface area contributed by atoms with E-state index in [1.165, 1.54) is 24.3 Å². The minimum Gasteiger partial charge on any atom is -0.322 e. The molecule has 0 aliphatic rings. The fourth-order valence-corrected chi connectivity index (χ4v) is 2.53. The molecule has 4 nitrogen and oxygen atoms in total. The molecule has 0 aliphatic heterocycles. The van der Waals surface area contributed by atoms with E-state index in [-0.39, 0.29) is 17.6 Å². The van der Waals surface area contributed by atoms with Crippen molar-refractivity contribution in [3.05, 3.63) is 94.8 Å². The van der Waals surface area contributed by atoms with Gasteiger partial charge in [0.2, 0.25) is 0 Å². The quantitative estimate of drug-likeness (QED) is 0.690. The van der Waals surface area contributed by atoms with Gasteiger partial charge in [-0.2, -0.15) is 0 Å². The molecule has 3 rings (SSSR count). The minimum absolute atomic E-state index is 0.207. The lowest BCUT2D eigenvalue weighted by atomic mass is 10.1. The molecule has 0 radical (unpaired) electrons. The summed E-state index contributed by atoms with van der Waals surface area (Å²) in [7, 11) is 0. The molecule has 136 valence electrons. The van der Waals surface area contributed by atoms with Gasteiger partial charge < -0.3 is 10.6 Å². The Morgan fingerprint density at radius 3 is 1.70 bits per heavy atom. The number of carbonyl (C=O) groups excluding carboxylic acids is 2. The average molecular weight is 362 g/mol. The van der Waals surface area contributed by atoms with Crippen molar-refractivity contribution in [3.8, 4) is 0 Å². The lowest BCUT2D eigenvalue weighted by Gasteiger charge is -2.09. The smallest absolute Gasteiger partial charge is 0.255 e. The summed E-state index contributed by atoms with van der Waals surface area (Å²) < 4.78 is 12.9. The van der Waals surface area contributed by atoms with Gasteiger partial charge in [-0.1, -0.05) is 6.07 Å². The zero-order valence-corrected chi connectivity index (χ0v) is 15.0. The molecule has 0 spiro atoms. The van der Waals surface area contributed by atoms with Crippen LogP contribution in [0, 0.1) is 19.7 Å². The number of carbonyl (C=O) groups is 2. The standard InChI is InChI=1S/C22H19FN2O2/c1-14-3-4-17(13-15(14)2)22(27)25-19-9-5-16(6-10-19)21(26)24-20-11-7-18(23)8-12-20/h3-13H,1-2H3,(H,24,26)(H,25,27). The van der Waals surface area contributed by atoms with Crippen LogP contribution < -0.4 is 10.6 Å². The van der Waals surface area contributed by atoms with Crippen LogP contribution in [0.2, 0.25) is 0 Å². The molecule has 2 amide bonds. The van der Waals surface area contributed by atoms with E-state index >= 15 is 0 Å². The molecule has 5 heteroatoms. The number of benzene rings is 3. The zero-order valence-electron chi connectivity index (χ0n) is 15.0. The van der Waals surface area contributed by atoms with Crippen LogP contribution in [0.4, 0.5) is 15.8 Å². The highest BCUT2D eigenvalue weighted by molar-refractivity contribution is 6.06. The average Bonchev–Trinajstić information content (AvgIpc) is 2.66. The summed E-state index contributed by atoms with van der Waals surface area (Å²) in [6.07, 6.45) is 0. The van der Waals surface area contributed by atoms with Crippen molar-refractivity contribution in [1.82, 2.24) is 0 Å². The predicted octanol–water partition coefficient (Wildman–Crippen LogP) is 4.95. The van der Waals surface area contributed by atoms with E-state index in [0.717, 1.165) is 11.1 Å². The van der Waals surface area contributed by atoms with Crippen LogP contribution in [0.3, 0.4) is 0 Å². The molecule has 0 saturated carbocycles. The number of nitrogens with one attached hydrogen (secondary N) is 2. The zero-order chi connectivity index (χ0) is 19.4. The molecule has 0 unspecified atom stereocenters. The van der Waals surface area contributed by atoms with Gasteiger partial charge in [0.1, 0.15) is 5.82 Å². The van der Waals surface area contributed by atoms with Crippen molar-refractivity contribution in [2.45, 2.75) is 13.8 Å². The summed E-state index contributed by atoms with van der Waals surface area (Å²) in [5.41, 5.74) is 4.29. The topological polar surface area (TPSA) is 58.2 Å². The Morgan fingerprint density at radius 1 is 0.667 bits per heavy atom. The minimum atomic E-state index is -0.364. The SMILES string of the molecule is Cc1ccc(C(=O)Nc2ccc(C(=O)Nc3ccc(F)cc3)cc2)cc1C. The largest absolute Gasteiger partial charge is 0.322 e. The van der Waals surface area contributed by atoms with Crippen molar-refractivity contribution in [2.24, 2.45) is 0 Å².